The molecular formula is C26H24N4O3. The van der Waals surface area contributed by atoms with Gasteiger partial charge in [-0.3, -0.25) is 14.6 Å². The summed E-state index contributed by atoms with van der Waals surface area (Å²) in [7, 11) is 0. The molecule has 5 rings (SSSR count). The Morgan fingerprint density at radius 3 is 2.52 bits per heavy atom. The Morgan fingerprint density at radius 1 is 1.00 bits per heavy atom. The molecule has 0 radical (unpaired) electrons. The van der Waals surface area contributed by atoms with Gasteiger partial charge in [-0.25, -0.2) is 4.68 Å². The lowest BCUT2D eigenvalue weighted by Crippen LogP contribution is -2.42. The summed E-state index contributed by atoms with van der Waals surface area (Å²) in [5.74, 6) is -1.37. The summed E-state index contributed by atoms with van der Waals surface area (Å²) in [4.78, 5) is 31.1. The minimum Gasteiger partial charge on any atom is -0.480 e. The van der Waals surface area contributed by atoms with Crippen molar-refractivity contribution in [3.8, 4) is 16.9 Å². The van der Waals surface area contributed by atoms with Crippen molar-refractivity contribution in [1.29, 1.82) is 0 Å². The van der Waals surface area contributed by atoms with Crippen LogP contribution in [0.1, 0.15) is 36.2 Å². The number of carboxylic acid groups (broad SMARTS) is 1. The van der Waals surface area contributed by atoms with Crippen LogP contribution in [-0.2, 0) is 4.79 Å². The molecule has 1 aliphatic carbocycles. The molecule has 4 aromatic rings. The molecule has 1 fully saturated rings. The van der Waals surface area contributed by atoms with E-state index in [2.05, 4.69) is 4.98 Å². The summed E-state index contributed by atoms with van der Waals surface area (Å²) < 4.78 is 1.74. The van der Waals surface area contributed by atoms with E-state index in [1.165, 1.54) is 4.90 Å². The Morgan fingerprint density at radius 2 is 1.76 bits per heavy atom. The van der Waals surface area contributed by atoms with Crippen LogP contribution in [0.15, 0.2) is 72.9 Å². The average Bonchev–Trinajstić information content (AvgIpc) is 3.53. The smallest absolute Gasteiger partial charge is 0.323 e. The fourth-order valence-corrected chi connectivity index (χ4v) is 4.62. The molecule has 1 N–H and O–H groups in total. The molecule has 33 heavy (non-hydrogen) atoms. The third kappa shape index (κ3) is 4.09. The molecule has 2 aromatic carbocycles. The Hall–Kier alpha value is -4.00. The van der Waals surface area contributed by atoms with Crippen molar-refractivity contribution in [2.75, 3.05) is 6.54 Å². The first-order valence-electron chi connectivity index (χ1n) is 11.1. The van der Waals surface area contributed by atoms with Gasteiger partial charge < -0.3 is 10.0 Å². The van der Waals surface area contributed by atoms with E-state index in [-0.39, 0.29) is 24.2 Å². The van der Waals surface area contributed by atoms with Gasteiger partial charge in [-0.1, -0.05) is 61.4 Å². The number of carbonyl (C=O) groups excluding carboxylic acids is 1. The van der Waals surface area contributed by atoms with Crippen molar-refractivity contribution >= 4 is 22.8 Å². The van der Waals surface area contributed by atoms with E-state index >= 15 is 0 Å². The topological polar surface area (TPSA) is 88.3 Å². The lowest BCUT2D eigenvalue weighted by Gasteiger charge is -2.26. The molecule has 1 saturated carbocycles. The zero-order valence-corrected chi connectivity index (χ0v) is 18.1. The number of hydrogen-bond donors (Lipinski definition) is 1. The number of fused-ring (bicyclic) bond motifs is 1. The van der Waals surface area contributed by atoms with Gasteiger partial charge in [0.1, 0.15) is 6.54 Å². The minimum absolute atomic E-state index is 0.0712. The number of para-hydroxylation sites is 1. The first kappa shape index (κ1) is 20.9. The lowest BCUT2D eigenvalue weighted by molar-refractivity contribution is -0.138. The zero-order chi connectivity index (χ0) is 22.8. The molecule has 1 amide bonds. The minimum atomic E-state index is -1.02. The highest BCUT2D eigenvalue weighted by atomic mass is 16.4. The fourth-order valence-electron chi connectivity index (χ4n) is 4.62. The van der Waals surface area contributed by atoms with Crippen LogP contribution in [0.5, 0.6) is 0 Å². The van der Waals surface area contributed by atoms with Crippen LogP contribution in [0.4, 0.5) is 0 Å². The number of nitrogens with zero attached hydrogens (tertiary/aromatic N) is 4. The number of rotatable bonds is 6. The zero-order valence-electron chi connectivity index (χ0n) is 18.1. The van der Waals surface area contributed by atoms with Gasteiger partial charge in [-0.2, -0.15) is 5.10 Å². The van der Waals surface area contributed by atoms with Gasteiger partial charge in [0.05, 0.1) is 16.9 Å². The van der Waals surface area contributed by atoms with Crippen LogP contribution in [0, 0.1) is 0 Å². The predicted molar refractivity (Wildman–Crippen MR) is 125 cm³/mol. The van der Waals surface area contributed by atoms with Gasteiger partial charge in [0.25, 0.3) is 5.91 Å². The van der Waals surface area contributed by atoms with Gasteiger partial charge in [0, 0.05) is 23.2 Å². The van der Waals surface area contributed by atoms with Gasteiger partial charge in [0.15, 0.2) is 5.69 Å². The first-order valence-corrected chi connectivity index (χ1v) is 11.1. The molecule has 1 aliphatic rings. The van der Waals surface area contributed by atoms with Crippen LogP contribution in [0.3, 0.4) is 0 Å². The number of carboxylic acids is 1. The van der Waals surface area contributed by atoms with Crippen molar-refractivity contribution in [3.63, 3.8) is 0 Å². The highest BCUT2D eigenvalue weighted by Crippen LogP contribution is 2.29. The van der Waals surface area contributed by atoms with E-state index in [1.807, 2.05) is 60.7 Å². The summed E-state index contributed by atoms with van der Waals surface area (Å²) >= 11 is 0. The number of hydrogen-bond acceptors (Lipinski definition) is 4. The standard InChI is InChI=1S/C26H24N4O3/c31-24(32)17-29(20-12-4-5-13-20)26(33)21-16-23(18-8-2-1-3-9-18)30(28-21)22-14-6-10-19-11-7-15-27-25(19)22/h1-3,6-11,14-16,20H,4-5,12-13,17H2,(H,31,32). The summed E-state index contributed by atoms with van der Waals surface area (Å²) in [5, 5.41) is 15.1. The number of aliphatic carboxylic acids is 1. The van der Waals surface area contributed by atoms with E-state index < -0.39 is 5.97 Å². The van der Waals surface area contributed by atoms with E-state index in [4.69, 9.17) is 5.10 Å². The lowest BCUT2D eigenvalue weighted by atomic mass is 10.1. The number of carbonyl (C=O) groups is 2. The highest BCUT2D eigenvalue weighted by molar-refractivity contribution is 5.96. The van der Waals surface area contributed by atoms with E-state index in [0.29, 0.717) is 0 Å². The molecule has 0 aliphatic heterocycles. The van der Waals surface area contributed by atoms with Gasteiger partial charge >= 0.3 is 5.97 Å². The van der Waals surface area contributed by atoms with Crippen molar-refractivity contribution < 1.29 is 14.7 Å². The Labute approximate surface area is 191 Å². The molecule has 0 bridgehead atoms. The van der Waals surface area contributed by atoms with Crippen LogP contribution in [0.25, 0.3) is 27.8 Å². The maximum absolute atomic E-state index is 13.5. The molecule has 0 spiro atoms. The highest BCUT2D eigenvalue weighted by Gasteiger charge is 2.31. The second-order valence-corrected chi connectivity index (χ2v) is 8.31. The average molecular weight is 441 g/mol. The van der Waals surface area contributed by atoms with Gasteiger partial charge in [0.2, 0.25) is 0 Å². The Bertz CT molecular complexity index is 1300. The third-order valence-electron chi connectivity index (χ3n) is 6.17. The van der Waals surface area contributed by atoms with Crippen LogP contribution in [-0.4, -0.2) is 49.2 Å². The fraction of sp³-hybridized carbons (Fsp3) is 0.231. The molecule has 166 valence electrons. The second kappa shape index (κ2) is 8.86. The molecule has 7 nitrogen and oxygen atoms in total. The quantitative estimate of drug-likeness (QED) is 0.475. The molecular weight excluding hydrogens is 416 g/mol. The molecule has 2 heterocycles. The van der Waals surface area contributed by atoms with Crippen LogP contribution < -0.4 is 0 Å². The first-order chi connectivity index (χ1) is 16.1. The third-order valence-corrected chi connectivity index (χ3v) is 6.17. The van der Waals surface area contributed by atoms with E-state index in [1.54, 1.807) is 16.9 Å². The van der Waals surface area contributed by atoms with E-state index in [0.717, 1.165) is 53.5 Å². The number of benzene rings is 2. The van der Waals surface area contributed by atoms with E-state index in [9.17, 15) is 14.7 Å². The van der Waals surface area contributed by atoms with Crippen LogP contribution in [0.2, 0.25) is 0 Å². The predicted octanol–water partition coefficient (Wildman–Crippen LogP) is 4.56. The largest absolute Gasteiger partial charge is 0.480 e. The maximum Gasteiger partial charge on any atom is 0.323 e. The molecule has 0 atom stereocenters. The van der Waals surface area contributed by atoms with Crippen molar-refractivity contribution in [2.45, 2.75) is 31.7 Å². The number of aromatic nitrogens is 3. The van der Waals surface area contributed by atoms with Gasteiger partial charge in [-0.05, 0) is 31.0 Å². The van der Waals surface area contributed by atoms with Gasteiger partial charge in [-0.15, -0.1) is 0 Å². The summed E-state index contributed by atoms with van der Waals surface area (Å²) in [6.45, 7) is -0.327. The van der Waals surface area contributed by atoms with Crippen molar-refractivity contribution in [1.82, 2.24) is 19.7 Å². The SMILES string of the molecule is O=C(O)CN(C(=O)c1cc(-c2ccccc2)n(-c2cccc3cccnc23)n1)C1CCCC1. The molecule has 0 saturated heterocycles. The van der Waals surface area contributed by atoms with Crippen molar-refractivity contribution in [2.24, 2.45) is 0 Å². The summed E-state index contributed by atoms with van der Waals surface area (Å²) in [6, 6.07) is 21.1. The van der Waals surface area contributed by atoms with Crippen molar-refractivity contribution in [3.05, 3.63) is 78.6 Å². The Balaban J connectivity index is 1.65. The summed E-state index contributed by atoms with van der Waals surface area (Å²) in [5.41, 5.74) is 3.42. The number of pyridine rings is 1. The molecule has 0 unspecified atom stereocenters. The molecule has 7 heteroatoms. The number of amides is 1. The molecule has 2 aromatic heterocycles. The normalized spacial score (nSPS) is 13.9. The Kier molecular flexibility index (Phi) is 5.60. The monoisotopic (exact) mass is 440 g/mol. The van der Waals surface area contributed by atoms with Crippen LogP contribution >= 0.6 is 0 Å². The second-order valence-electron chi connectivity index (χ2n) is 8.31. The maximum atomic E-state index is 13.5. The summed E-state index contributed by atoms with van der Waals surface area (Å²) in [6.07, 6.45) is 5.37.